The number of rotatable bonds is 7. The van der Waals surface area contributed by atoms with Gasteiger partial charge in [0, 0.05) is 17.3 Å². The molecule has 0 saturated carbocycles. The predicted molar refractivity (Wildman–Crippen MR) is 116 cm³/mol. The fraction of sp³-hybridized carbons (Fsp3) is 0.0833. The van der Waals surface area contributed by atoms with Crippen molar-refractivity contribution in [2.45, 2.75) is 6.92 Å². The smallest absolute Gasteiger partial charge is 0.255 e. The highest BCUT2D eigenvalue weighted by atomic mass is 16.5. The van der Waals surface area contributed by atoms with Gasteiger partial charge in [-0.2, -0.15) is 0 Å². The second kappa shape index (κ2) is 9.90. The first-order valence-corrected chi connectivity index (χ1v) is 9.33. The largest absolute Gasteiger partial charge is 0.492 e. The first-order valence-electron chi connectivity index (χ1n) is 9.33. The Bertz CT molecular complexity index is 1010. The number of carbonyl (C=O) groups is 2. The normalized spacial score (nSPS) is 10.5. The number of carbonyl (C=O) groups excluding carboxylic acids is 2. The molecule has 2 N–H and O–H groups in total. The van der Waals surface area contributed by atoms with Gasteiger partial charge in [-0.25, -0.2) is 0 Å². The molecule has 3 rings (SSSR count). The van der Waals surface area contributed by atoms with Crippen LogP contribution < -0.4 is 15.4 Å². The van der Waals surface area contributed by atoms with Gasteiger partial charge in [-0.1, -0.05) is 48.5 Å². The first kappa shape index (κ1) is 19.9. The average molecular weight is 386 g/mol. The van der Waals surface area contributed by atoms with E-state index in [1.165, 1.54) is 6.08 Å². The van der Waals surface area contributed by atoms with E-state index in [9.17, 15) is 9.59 Å². The number of anilines is 2. The summed E-state index contributed by atoms with van der Waals surface area (Å²) in [7, 11) is 0. The monoisotopic (exact) mass is 386 g/mol. The van der Waals surface area contributed by atoms with E-state index in [0.717, 1.165) is 5.56 Å². The number of nitrogens with one attached hydrogen (secondary N) is 2. The highest BCUT2D eigenvalue weighted by Crippen LogP contribution is 2.24. The van der Waals surface area contributed by atoms with Crippen molar-refractivity contribution in [3.63, 3.8) is 0 Å². The zero-order valence-electron chi connectivity index (χ0n) is 16.1. The van der Waals surface area contributed by atoms with Gasteiger partial charge in [-0.15, -0.1) is 0 Å². The van der Waals surface area contributed by atoms with E-state index in [-0.39, 0.29) is 11.8 Å². The number of ether oxygens (including phenoxy) is 1. The summed E-state index contributed by atoms with van der Waals surface area (Å²) in [6, 6.07) is 23.6. The van der Waals surface area contributed by atoms with Crippen LogP contribution in [0.4, 0.5) is 11.4 Å². The molecule has 0 aliphatic heterocycles. The molecule has 0 heterocycles. The van der Waals surface area contributed by atoms with Crippen molar-refractivity contribution in [1.82, 2.24) is 0 Å². The van der Waals surface area contributed by atoms with Gasteiger partial charge in [-0.05, 0) is 48.9 Å². The lowest BCUT2D eigenvalue weighted by atomic mass is 10.1. The third kappa shape index (κ3) is 5.81. The van der Waals surface area contributed by atoms with Gasteiger partial charge in [0.15, 0.2) is 0 Å². The zero-order valence-corrected chi connectivity index (χ0v) is 16.1. The minimum Gasteiger partial charge on any atom is -0.492 e. The summed E-state index contributed by atoms with van der Waals surface area (Å²) in [5, 5.41) is 5.62. The standard InChI is InChI=1S/C24H22N2O3/c1-2-29-22-14-7-6-13-21(22)26-24(28)19-11-8-12-20(17-19)25-23(27)16-15-18-9-4-3-5-10-18/h3-17H,2H2,1H3,(H,25,27)(H,26,28)/b16-15-. The van der Waals surface area contributed by atoms with Gasteiger partial charge in [0.25, 0.3) is 5.91 Å². The first-order chi connectivity index (χ1) is 14.2. The Hall–Kier alpha value is -3.86. The van der Waals surface area contributed by atoms with E-state index in [1.54, 1.807) is 42.5 Å². The molecule has 3 aromatic carbocycles. The summed E-state index contributed by atoms with van der Waals surface area (Å²) in [6.45, 7) is 2.39. The third-order valence-corrected chi connectivity index (χ3v) is 4.05. The van der Waals surface area contributed by atoms with Gasteiger partial charge in [0.2, 0.25) is 5.91 Å². The summed E-state index contributed by atoms with van der Waals surface area (Å²) >= 11 is 0. The van der Waals surface area contributed by atoms with Gasteiger partial charge in [0.1, 0.15) is 5.75 Å². The second-order valence-electron chi connectivity index (χ2n) is 6.20. The van der Waals surface area contributed by atoms with Crippen molar-refractivity contribution >= 4 is 29.3 Å². The Morgan fingerprint density at radius 2 is 1.66 bits per heavy atom. The summed E-state index contributed by atoms with van der Waals surface area (Å²) < 4.78 is 5.53. The minimum atomic E-state index is -0.284. The maximum absolute atomic E-state index is 12.6. The van der Waals surface area contributed by atoms with Crippen molar-refractivity contribution in [2.75, 3.05) is 17.2 Å². The van der Waals surface area contributed by atoms with E-state index < -0.39 is 0 Å². The van der Waals surface area contributed by atoms with Crippen molar-refractivity contribution in [3.05, 3.63) is 96.1 Å². The Kier molecular flexibility index (Phi) is 6.79. The topological polar surface area (TPSA) is 67.4 Å². The van der Waals surface area contributed by atoms with E-state index in [0.29, 0.717) is 29.3 Å². The lowest BCUT2D eigenvalue weighted by Crippen LogP contribution is -2.14. The zero-order chi connectivity index (χ0) is 20.5. The maximum atomic E-state index is 12.6. The van der Waals surface area contributed by atoms with E-state index in [2.05, 4.69) is 10.6 Å². The second-order valence-corrected chi connectivity index (χ2v) is 6.20. The molecular formula is C24H22N2O3. The van der Waals surface area contributed by atoms with Crippen LogP contribution in [0.1, 0.15) is 22.8 Å². The number of benzene rings is 3. The molecule has 0 fully saturated rings. The van der Waals surface area contributed by atoms with Gasteiger partial charge in [-0.3, -0.25) is 9.59 Å². The minimum absolute atomic E-state index is 0.270. The molecule has 5 heteroatoms. The molecule has 2 amide bonds. The Labute approximate surface area is 170 Å². The highest BCUT2D eigenvalue weighted by Gasteiger charge is 2.10. The van der Waals surface area contributed by atoms with E-state index in [1.807, 2.05) is 49.4 Å². The molecule has 0 aliphatic carbocycles. The molecule has 0 radical (unpaired) electrons. The van der Waals surface area contributed by atoms with Crippen molar-refractivity contribution in [3.8, 4) is 5.75 Å². The lowest BCUT2D eigenvalue weighted by molar-refractivity contribution is -0.111. The predicted octanol–water partition coefficient (Wildman–Crippen LogP) is 4.99. The number of hydrogen-bond acceptors (Lipinski definition) is 3. The van der Waals surface area contributed by atoms with Crippen LogP contribution in [0.5, 0.6) is 5.75 Å². The molecule has 0 unspecified atom stereocenters. The van der Waals surface area contributed by atoms with Crippen LogP contribution in [-0.2, 0) is 4.79 Å². The lowest BCUT2D eigenvalue weighted by Gasteiger charge is -2.11. The van der Waals surface area contributed by atoms with Crippen molar-refractivity contribution in [1.29, 1.82) is 0 Å². The SMILES string of the molecule is CCOc1ccccc1NC(=O)c1cccc(NC(=O)/C=C\c2ccccc2)c1. The Morgan fingerprint density at radius 1 is 0.897 bits per heavy atom. The van der Waals surface area contributed by atoms with Crippen LogP contribution in [0, 0.1) is 0 Å². The number of amides is 2. The molecule has 0 aliphatic rings. The summed E-state index contributed by atoms with van der Waals surface area (Å²) in [5.41, 5.74) is 2.50. The van der Waals surface area contributed by atoms with E-state index in [4.69, 9.17) is 4.74 Å². The van der Waals surface area contributed by atoms with Gasteiger partial charge < -0.3 is 15.4 Å². The van der Waals surface area contributed by atoms with Crippen molar-refractivity contribution in [2.24, 2.45) is 0 Å². The van der Waals surface area contributed by atoms with Crippen LogP contribution in [0.25, 0.3) is 6.08 Å². The molecule has 0 spiro atoms. The summed E-state index contributed by atoms with van der Waals surface area (Å²) in [4.78, 5) is 24.8. The van der Waals surface area contributed by atoms with Crippen LogP contribution in [-0.4, -0.2) is 18.4 Å². The quantitative estimate of drug-likeness (QED) is 0.562. The van der Waals surface area contributed by atoms with Crippen LogP contribution in [0.15, 0.2) is 84.9 Å². The summed E-state index contributed by atoms with van der Waals surface area (Å²) in [5.74, 6) is 0.0556. The van der Waals surface area contributed by atoms with E-state index >= 15 is 0 Å². The Morgan fingerprint density at radius 3 is 2.45 bits per heavy atom. The van der Waals surface area contributed by atoms with Gasteiger partial charge in [0.05, 0.1) is 12.3 Å². The molecule has 0 saturated heterocycles. The molecule has 0 aromatic heterocycles. The maximum Gasteiger partial charge on any atom is 0.255 e. The van der Waals surface area contributed by atoms with Crippen molar-refractivity contribution < 1.29 is 14.3 Å². The number of hydrogen-bond donors (Lipinski definition) is 2. The Balaban J connectivity index is 1.67. The molecule has 3 aromatic rings. The van der Waals surface area contributed by atoms with Gasteiger partial charge >= 0.3 is 0 Å². The highest BCUT2D eigenvalue weighted by molar-refractivity contribution is 6.07. The van der Waals surface area contributed by atoms with Crippen LogP contribution in [0.2, 0.25) is 0 Å². The van der Waals surface area contributed by atoms with Crippen LogP contribution in [0.3, 0.4) is 0 Å². The van der Waals surface area contributed by atoms with Crippen LogP contribution >= 0.6 is 0 Å². The molecule has 29 heavy (non-hydrogen) atoms. The average Bonchev–Trinajstić information content (AvgIpc) is 2.75. The molecule has 5 nitrogen and oxygen atoms in total. The molecule has 0 atom stereocenters. The molecule has 0 bridgehead atoms. The summed E-state index contributed by atoms with van der Waals surface area (Å²) in [6.07, 6.45) is 3.19. The fourth-order valence-electron chi connectivity index (χ4n) is 2.70. The number of para-hydroxylation sites is 2. The molecule has 146 valence electrons. The molecular weight excluding hydrogens is 364 g/mol. The third-order valence-electron chi connectivity index (χ3n) is 4.05. The fourth-order valence-corrected chi connectivity index (χ4v) is 2.70.